The molecule has 1 aromatic carbocycles. The summed E-state index contributed by atoms with van der Waals surface area (Å²) in [6.45, 7) is 6.72. The van der Waals surface area contributed by atoms with E-state index < -0.39 is 0 Å². The summed E-state index contributed by atoms with van der Waals surface area (Å²) < 4.78 is 19.3. The molecular formula is C16H25FIN3O. The number of ether oxygens (including phenoxy) is 1. The number of rotatable bonds is 5. The third-order valence-corrected chi connectivity index (χ3v) is 3.64. The zero-order valence-corrected chi connectivity index (χ0v) is 15.5. The first-order chi connectivity index (χ1) is 10.1. The van der Waals surface area contributed by atoms with Crippen LogP contribution in [0, 0.1) is 5.82 Å². The minimum atomic E-state index is -0.219. The zero-order chi connectivity index (χ0) is 15.1. The summed E-state index contributed by atoms with van der Waals surface area (Å²) in [6, 6.07) is 6.72. The van der Waals surface area contributed by atoms with Crippen LogP contribution >= 0.6 is 24.0 Å². The fourth-order valence-electron chi connectivity index (χ4n) is 2.38. The number of guanidine groups is 1. The monoisotopic (exact) mass is 421 g/mol. The van der Waals surface area contributed by atoms with E-state index >= 15 is 0 Å². The minimum absolute atomic E-state index is 0. The highest BCUT2D eigenvalue weighted by Gasteiger charge is 2.29. The van der Waals surface area contributed by atoms with E-state index in [1.807, 2.05) is 13.0 Å². The third-order valence-electron chi connectivity index (χ3n) is 3.64. The van der Waals surface area contributed by atoms with E-state index in [9.17, 15) is 4.39 Å². The second-order valence-electron chi connectivity index (χ2n) is 5.54. The molecule has 1 saturated heterocycles. The van der Waals surface area contributed by atoms with E-state index in [1.54, 1.807) is 12.1 Å². The Labute approximate surface area is 148 Å². The summed E-state index contributed by atoms with van der Waals surface area (Å²) >= 11 is 0. The lowest BCUT2D eigenvalue weighted by Gasteiger charge is -2.24. The molecule has 2 rings (SSSR count). The van der Waals surface area contributed by atoms with Gasteiger partial charge in [-0.2, -0.15) is 0 Å². The van der Waals surface area contributed by atoms with Crippen LogP contribution < -0.4 is 10.6 Å². The van der Waals surface area contributed by atoms with Gasteiger partial charge in [0.2, 0.25) is 0 Å². The first-order valence-electron chi connectivity index (χ1n) is 7.52. The van der Waals surface area contributed by atoms with Crippen molar-refractivity contribution in [2.45, 2.75) is 38.8 Å². The molecule has 0 radical (unpaired) electrons. The molecule has 1 aliphatic rings. The van der Waals surface area contributed by atoms with Gasteiger partial charge in [0.05, 0.1) is 12.1 Å². The third kappa shape index (κ3) is 5.72. The molecule has 0 bridgehead atoms. The summed E-state index contributed by atoms with van der Waals surface area (Å²) in [5.74, 6) is 0.473. The summed E-state index contributed by atoms with van der Waals surface area (Å²) in [5, 5.41) is 6.46. The van der Waals surface area contributed by atoms with E-state index in [4.69, 9.17) is 4.74 Å². The van der Waals surface area contributed by atoms with Crippen molar-refractivity contribution in [3.8, 4) is 0 Å². The van der Waals surface area contributed by atoms with Crippen LogP contribution in [0.3, 0.4) is 0 Å². The lowest BCUT2D eigenvalue weighted by molar-refractivity contribution is 0.0243. The van der Waals surface area contributed by atoms with Crippen LogP contribution in [-0.4, -0.2) is 31.3 Å². The Balaban J connectivity index is 0.00000242. The molecule has 1 aliphatic heterocycles. The molecule has 0 aromatic heterocycles. The van der Waals surface area contributed by atoms with Crippen LogP contribution in [0.4, 0.5) is 4.39 Å². The molecule has 1 atom stereocenters. The number of nitrogens with zero attached hydrogens (tertiary/aromatic N) is 1. The van der Waals surface area contributed by atoms with Gasteiger partial charge in [-0.1, -0.05) is 18.2 Å². The molecule has 6 heteroatoms. The number of hydrogen-bond donors (Lipinski definition) is 2. The average molecular weight is 421 g/mol. The lowest BCUT2D eigenvalue weighted by Crippen LogP contribution is -2.45. The van der Waals surface area contributed by atoms with E-state index in [2.05, 4.69) is 22.5 Å². The van der Waals surface area contributed by atoms with Crippen molar-refractivity contribution in [2.75, 3.05) is 19.7 Å². The second kappa shape index (κ2) is 9.29. The molecule has 4 nitrogen and oxygen atoms in total. The van der Waals surface area contributed by atoms with Crippen LogP contribution in [0.1, 0.15) is 32.3 Å². The molecular weight excluding hydrogens is 396 g/mol. The van der Waals surface area contributed by atoms with Crippen LogP contribution in [-0.2, 0) is 11.3 Å². The fraction of sp³-hybridized carbons (Fsp3) is 0.562. The maximum Gasteiger partial charge on any atom is 0.191 e. The standard InChI is InChI=1S/C16H24FN3O.HI/c1-3-18-15(20-12-16(2)9-6-10-21-16)19-11-13-7-4-5-8-14(13)17;/h4-5,7-8H,3,6,9-12H2,1-2H3,(H2,18,19,20);1H. The first-order valence-corrected chi connectivity index (χ1v) is 7.52. The Morgan fingerprint density at radius 2 is 2.14 bits per heavy atom. The SMILES string of the molecule is CCNC(=NCc1ccccc1F)NCC1(C)CCCO1.I. The topological polar surface area (TPSA) is 45.7 Å². The molecule has 1 fully saturated rings. The number of halogens is 2. The molecule has 0 spiro atoms. The first kappa shape index (κ1) is 19.2. The van der Waals surface area contributed by atoms with E-state index in [-0.39, 0.29) is 35.4 Å². The average Bonchev–Trinajstić information content (AvgIpc) is 2.91. The maximum absolute atomic E-state index is 13.6. The van der Waals surface area contributed by atoms with Crippen LogP contribution in [0.2, 0.25) is 0 Å². The lowest BCUT2D eigenvalue weighted by atomic mass is 10.0. The van der Waals surface area contributed by atoms with Gasteiger partial charge < -0.3 is 15.4 Å². The van der Waals surface area contributed by atoms with Crippen LogP contribution in [0.25, 0.3) is 0 Å². The molecule has 0 aliphatic carbocycles. The van der Waals surface area contributed by atoms with E-state index in [0.717, 1.165) is 26.0 Å². The summed E-state index contributed by atoms with van der Waals surface area (Å²) in [7, 11) is 0. The molecule has 1 heterocycles. The van der Waals surface area contributed by atoms with Gasteiger partial charge >= 0.3 is 0 Å². The fourth-order valence-corrected chi connectivity index (χ4v) is 2.38. The van der Waals surface area contributed by atoms with Gasteiger partial charge in [-0.05, 0) is 32.8 Å². The number of hydrogen-bond acceptors (Lipinski definition) is 2. The van der Waals surface area contributed by atoms with Gasteiger partial charge in [-0.15, -0.1) is 24.0 Å². The largest absolute Gasteiger partial charge is 0.373 e. The number of nitrogens with one attached hydrogen (secondary N) is 2. The Bertz CT molecular complexity index is 490. The normalized spacial score (nSPS) is 21.3. The quantitative estimate of drug-likeness (QED) is 0.437. The second-order valence-corrected chi connectivity index (χ2v) is 5.54. The Morgan fingerprint density at radius 1 is 1.36 bits per heavy atom. The maximum atomic E-state index is 13.6. The van der Waals surface area contributed by atoms with Crippen molar-refractivity contribution in [3.05, 3.63) is 35.6 Å². The summed E-state index contributed by atoms with van der Waals surface area (Å²) in [4.78, 5) is 4.44. The van der Waals surface area contributed by atoms with Gasteiger partial charge in [-0.25, -0.2) is 9.38 Å². The molecule has 22 heavy (non-hydrogen) atoms. The van der Waals surface area contributed by atoms with Gasteiger partial charge in [0, 0.05) is 25.3 Å². The molecule has 2 N–H and O–H groups in total. The summed E-state index contributed by atoms with van der Waals surface area (Å²) in [6.07, 6.45) is 2.15. The Kier molecular flexibility index (Phi) is 8.09. The minimum Gasteiger partial charge on any atom is -0.373 e. The smallest absolute Gasteiger partial charge is 0.191 e. The van der Waals surface area contributed by atoms with Gasteiger partial charge in [0.25, 0.3) is 0 Å². The van der Waals surface area contributed by atoms with Crippen molar-refractivity contribution in [2.24, 2.45) is 4.99 Å². The van der Waals surface area contributed by atoms with Crippen molar-refractivity contribution in [3.63, 3.8) is 0 Å². The van der Waals surface area contributed by atoms with Crippen LogP contribution in [0.5, 0.6) is 0 Å². The van der Waals surface area contributed by atoms with Crippen LogP contribution in [0.15, 0.2) is 29.3 Å². The molecule has 1 unspecified atom stereocenters. The van der Waals surface area contributed by atoms with Crippen molar-refractivity contribution in [1.82, 2.24) is 10.6 Å². The molecule has 124 valence electrons. The number of benzene rings is 1. The highest BCUT2D eigenvalue weighted by molar-refractivity contribution is 14.0. The Hall–Kier alpha value is -0.890. The van der Waals surface area contributed by atoms with E-state index in [1.165, 1.54) is 6.07 Å². The van der Waals surface area contributed by atoms with Gasteiger partial charge in [0.15, 0.2) is 5.96 Å². The number of aliphatic imine (C=N–C) groups is 1. The summed E-state index contributed by atoms with van der Waals surface area (Å²) in [5.41, 5.74) is 0.465. The van der Waals surface area contributed by atoms with Gasteiger partial charge in [0.1, 0.15) is 5.82 Å². The molecule has 0 amide bonds. The van der Waals surface area contributed by atoms with E-state index in [0.29, 0.717) is 24.6 Å². The van der Waals surface area contributed by atoms with Crippen molar-refractivity contribution >= 4 is 29.9 Å². The highest BCUT2D eigenvalue weighted by Crippen LogP contribution is 2.23. The Morgan fingerprint density at radius 3 is 2.77 bits per heavy atom. The highest BCUT2D eigenvalue weighted by atomic mass is 127. The molecule has 1 aromatic rings. The van der Waals surface area contributed by atoms with Crippen molar-refractivity contribution < 1.29 is 9.13 Å². The molecule has 0 saturated carbocycles. The predicted octanol–water partition coefficient (Wildman–Crippen LogP) is 3.07. The van der Waals surface area contributed by atoms with Gasteiger partial charge in [-0.3, -0.25) is 0 Å². The van der Waals surface area contributed by atoms with Crippen molar-refractivity contribution in [1.29, 1.82) is 0 Å². The zero-order valence-electron chi connectivity index (χ0n) is 13.2. The predicted molar refractivity (Wildman–Crippen MR) is 98.2 cm³/mol.